The van der Waals surface area contributed by atoms with Crippen molar-refractivity contribution in [1.82, 2.24) is 0 Å². The SMILES string of the molecule is C=C(C)[C@@H]1CC[C@]2(CO)CC[C@]3(C)[C@H](CC[C@@H]4[C@@]5(C)CC[C@H](OC(=O)C[n+]6ccc(N(C)C)cc6)C(C)(C)[C@@H]5CC[C@]43C)[C@@H]12. The van der Waals surface area contributed by atoms with Gasteiger partial charge in [-0.15, -0.1) is 0 Å². The molecular formula is C39H61N2O3+. The molecule has 0 unspecified atom stereocenters. The molecule has 1 aromatic rings. The molecule has 10 atom stereocenters. The summed E-state index contributed by atoms with van der Waals surface area (Å²) in [5.74, 6) is 2.91. The Morgan fingerprint density at radius 3 is 2.27 bits per heavy atom. The van der Waals surface area contributed by atoms with Gasteiger partial charge in [-0.1, -0.05) is 46.8 Å². The Morgan fingerprint density at radius 1 is 0.932 bits per heavy atom. The number of anilines is 1. The van der Waals surface area contributed by atoms with Crippen LogP contribution in [0.1, 0.15) is 106 Å². The van der Waals surface area contributed by atoms with Crippen LogP contribution in [0.4, 0.5) is 5.69 Å². The van der Waals surface area contributed by atoms with E-state index in [1.165, 1.54) is 56.9 Å². The third-order valence-corrected chi connectivity index (χ3v) is 15.5. The summed E-state index contributed by atoms with van der Waals surface area (Å²) in [6.07, 6.45) is 15.9. The summed E-state index contributed by atoms with van der Waals surface area (Å²) < 4.78 is 8.28. The molecule has 244 valence electrons. The molecule has 5 aliphatic carbocycles. The van der Waals surface area contributed by atoms with Gasteiger partial charge in [0.2, 0.25) is 6.54 Å². The van der Waals surface area contributed by atoms with Crippen LogP contribution in [0.25, 0.3) is 0 Å². The number of nitrogens with zero attached hydrogens (tertiary/aromatic N) is 2. The van der Waals surface area contributed by atoms with Crippen molar-refractivity contribution in [1.29, 1.82) is 0 Å². The molecule has 44 heavy (non-hydrogen) atoms. The Morgan fingerprint density at radius 2 is 1.64 bits per heavy atom. The second kappa shape index (κ2) is 10.8. The van der Waals surface area contributed by atoms with Crippen LogP contribution in [-0.2, 0) is 16.1 Å². The van der Waals surface area contributed by atoms with Crippen molar-refractivity contribution < 1.29 is 19.2 Å². The van der Waals surface area contributed by atoms with Crippen molar-refractivity contribution in [3.63, 3.8) is 0 Å². The first-order valence-electron chi connectivity index (χ1n) is 17.8. The van der Waals surface area contributed by atoms with Crippen LogP contribution in [0.15, 0.2) is 36.7 Å². The number of ether oxygens (including phenoxy) is 1. The third kappa shape index (κ3) is 4.55. The molecule has 0 aliphatic heterocycles. The maximum Gasteiger partial charge on any atom is 0.372 e. The Hall–Kier alpha value is -1.88. The number of rotatable bonds is 6. The van der Waals surface area contributed by atoms with Crippen LogP contribution in [0.2, 0.25) is 0 Å². The van der Waals surface area contributed by atoms with E-state index in [1.54, 1.807) is 0 Å². The first-order valence-corrected chi connectivity index (χ1v) is 17.8. The second-order valence-corrected chi connectivity index (χ2v) is 17.7. The lowest BCUT2D eigenvalue weighted by molar-refractivity contribution is -0.686. The molecule has 0 spiro atoms. The summed E-state index contributed by atoms with van der Waals surface area (Å²) in [4.78, 5) is 15.3. The highest BCUT2D eigenvalue weighted by molar-refractivity contribution is 5.68. The molecular weight excluding hydrogens is 544 g/mol. The standard InChI is InChI=1S/C39H61N2O3/c1-26(2)28-12-19-39(25-42)21-20-37(6)29(34(28)39)10-11-31-36(5)17-14-32(35(3,4)30(36)13-18-38(31,37)7)44-33(43)24-41-22-15-27(16-23-41)40(8)9/h15-16,22-23,28-32,34,42H,1,10-14,17-21,24-25H2,2-9H3/q+1/t28-,29+,30-,31+,32-,34+,36-,37+,38+,39+/m0/s1. The molecule has 1 heterocycles. The van der Waals surface area contributed by atoms with Crippen LogP contribution < -0.4 is 9.47 Å². The lowest BCUT2D eigenvalue weighted by atomic mass is 9.32. The smallest absolute Gasteiger partial charge is 0.372 e. The Bertz CT molecular complexity index is 1270. The van der Waals surface area contributed by atoms with Gasteiger partial charge in [-0.05, 0) is 122 Å². The molecule has 0 saturated heterocycles. The van der Waals surface area contributed by atoms with Gasteiger partial charge in [-0.25, -0.2) is 4.79 Å². The lowest BCUT2D eigenvalue weighted by Gasteiger charge is -2.73. The number of fused-ring (bicyclic) bond motifs is 7. The number of carbonyl (C=O) groups is 1. The maximum absolute atomic E-state index is 13.2. The summed E-state index contributed by atoms with van der Waals surface area (Å²) >= 11 is 0. The summed E-state index contributed by atoms with van der Waals surface area (Å²) in [5.41, 5.74) is 3.34. The van der Waals surface area contributed by atoms with Gasteiger partial charge in [0.25, 0.3) is 0 Å². The van der Waals surface area contributed by atoms with Gasteiger partial charge >= 0.3 is 5.97 Å². The fourth-order valence-electron chi connectivity index (χ4n) is 12.9. The van der Waals surface area contributed by atoms with Crippen molar-refractivity contribution in [2.45, 2.75) is 118 Å². The molecule has 5 aliphatic rings. The topological polar surface area (TPSA) is 53.7 Å². The monoisotopic (exact) mass is 605 g/mol. The van der Waals surface area contributed by atoms with E-state index in [0.29, 0.717) is 41.6 Å². The number of aliphatic hydroxyl groups is 1. The van der Waals surface area contributed by atoms with E-state index < -0.39 is 0 Å². The fourth-order valence-corrected chi connectivity index (χ4v) is 12.9. The van der Waals surface area contributed by atoms with Crippen LogP contribution in [0, 0.1) is 56.7 Å². The predicted octanol–water partition coefficient (Wildman–Crippen LogP) is 7.60. The van der Waals surface area contributed by atoms with E-state index in [-0.39, 0.29) is 40.3 Å². The van der Waals surface area contributed by atoms with Crippen molar-refractivity contribution in [3.8, 4) is 0 Å². The van der Waals surface area contributed by atoms with Gasteiger partial charge in [-0.2, -0.15) is 4.57 Å². The predicted molar refractivity (Wildman–Crippen MR) is 177 cm³/mol. The minimum atomic E-state index is -0.124. The van der Waals surface area contributed by atoms with Crippen molar-refractivity contribution in [2.24, 2.45) is 56.7 Å². The normalized spacial score (nSPS) is 44.0. The zero-order valence-electron chi connectivity index (χ0n) is 29.1. The molecule has 0 amide bonds. The number of aliphatic hydroxyl groups excluding tert-OH is 1. The molecule has 5 saturated carbocycles. The van der Waals surface area contributed by atoms with Crippen LogP contribution in [0.5, 0.6) is 0 Å². The summed E-state index contributed by atoms with van der Waals surface area (Å²) in [6.45, 7) is 20.1. The molecule has 1 N–H and O–H groups in total. The number of hydrogen-bond acceptors (Lipinski definition) is 4. The Balaban J connectivity index is 1.21. The Labute approximate surface area is 267 Å². The Kier molecular flexibility index (Phi) is 7.91. The van der Waals surface area contributed by atoms with E-state index in [1.807, 2.05) is 43.2 Å². The van der Waals surface area contributed by atoms with Crippen LogP contribution in [0.3, 0.4) is 0 Å². The number of allylic oxidation sites excluding steroid dienone is 1. The average molecular weight is 606 g/mol. The highest BCUT2D eigenvalue weighted by Gasteiger charge is 2.71. The average Bonchev–Trinajstić information content (AvgIpc) is 3.36. The van der Waals surface area contributed by atoms with Gasteiger partial charge in [0.1, 0.15) is 6.10 Å². The van der Waals surface area contributed by atoms with Crippen LogP contribution >= 0.6 is 0 Å². The van der Waals surface area contributed by atoms with E-state index in [2.05, 4.69) is 53.0 Å². The van der Waals surface area contributed by atoms with E-state index in [0.717, 1.165) is 18.5 Å². The molecule has 0 bridgehead atoms. The molecule has 0 radical (unpaired) electrons. The van der Waals surface area contributed by atoms with Crippen molar-refractivity contribution >= 4 is 11.7 Å². The van der Waals surface area contributed by atoms with E-state index in [4.69, 9.17) is 4.74 Å². The van der Waals surface area contributed by atoms with Gasteiger partial charge in [0.15, 0.2) is 12.4 Å². The minimum Gasteiger partial charge on any atom is -0.457 e. The second-order valence-electron chi connectivity index (χ2n) is 17.7. The van der Waals surface area contributed by atoms with Gasteiger partial charge in [-0.3, -0.25) is 0 Å². The molecule has 0 aromatic carbocycles. The lowest BCUT2D eigenvalue weighted by Crippen LogP contribution is -2.67. The molecule has 5 heteroatoms. The molecule has 6 rings (SSSR count). The summed E-state index contributed by atoms with van der Waals surface area (Å²) in [7, 11) is 4.05. The maximum atomic E-state index is 13.2. The largest absolute Gasteiger partial charge is 0.457 e. The number of carbonyl (C=O) groups excluding carboxylic acids is 1. The first kappa shape index (κ1) is 32.1. The quantitative estimate of drug-likeness (QED) is 0.206. The summed E-state index contributed by atoms with van der Waals surface area (Å²) in [6, 6.07) is 4.08. The highest BCUT2D eigenvalue weighted by atomic mass is 16.5. The minimum absolute atomic E-state index is 0.0410. The number of pyridine rings is 1. The number of hydrogen-bond donors (Lipinski definition) is 1. The van der Waals surface area contributed by atoms with Crippen LogP contribution in [-0.4, -0.2) is 37.9 Å². The molecule has 5 nitrogen and oxygen atoms in total. The molecule has 1 aromatic heterocycles. The molecule has 5 fully saturated rings. The zero-order chi connectivity index (χ0) is 31.9. The van der Waals surface area contributed by atoms with Gasteiger partial charge < -0.3 is 14.7 Å². The van der Waals surface area contributed by atoms with Gasteiger partial charge in [0, 0.05) is 43.9 Å². The zero-order valence-corrected chi connectivity index (χ0v) is 29.1. The highest BCUT2D eigenvalue weighted by Crippen LogP contribution is 2.77. The van der Waals surface area contributed by atoms with Gasteiger partial charge in [0.05, 0.1) is 0 Å². The first-order chi connectivity index (χ1) is 20.6. The summed E-state index contributed by atoms with van der Waals surface area (Å²) in [5, 5.41) is 10.8. The van der Waals surface area contributed by atoms with E-state index >= 15 is 0 Å². The third-order valence-electron chi connectivity index (χ3n) is 15.5. The van der Waals surface area contributed by atoms with E-state index in [9.17, 15) is 9.90 Å². The number of esters is 1. The number of aromatic nitrogens is 1. The van der Waals surface area contributed by atoms with Crippen molar-refractivity contribution in [3.05, 3.63) is 36.7 Å². The fraction of sp³-hybridized carbons (Fsp3) is 0.795. The van der Waals surface area contributed by atoms with Crippen molar-refractivity contribution in [2.75, 3.05) is 25.6 Å².